The Bertz CT molecular complexity index is 6450. The van der Waals surface area contributed by atoms with E-state index in [2.05, 4.69) is 0 Å². The minimum absolute atomic E-state index is 0.00689. The molecule has 0 saturated carbocycles. The number of nitrogens with zero attached hydrogens (tertiary/aromatic N) is 6. The van der Waals surface area contributed by atoms with E-state index in [0.717, 1.165) is 211 Å². The van der Waals surface area contributed by atoms with Crippen molar-refractivity contribution in [2.75, 3.05) is 134 Å². The van der Waals surface area contributed by atoms with Gasteiger partial charge in [-0.3, -0.25) is 62.8 Å². The average molecular weight is 2140 g/mol. The van der Waals surface area contributed by atoms with Crippen LogP contribution in [-0.4, -0.2) is 288 Å². The quantitative estimate of drug-likeness (QED) is 0.0580. The average Bonchev–Trinajstić information content (AvgIpc) is 1.64. The molecule has 143 heavy (non-hydrogen) atoms. The van der Waals surface area contributed by atoms with Gasteiger partial charge in [0.25, 0.3) is 0 Å². The number of rotatable bonds is 20. The number of aryl methyl sites for hydroxylation is 1. The lowest BCUT2D eigenvalue weighted by molar-refractivity contribution is -0.142. The lowest BCUT2D eigenvalue weighted by Gasteiger charge is -2.51. The first-order chi connectivity index (χ1) is 67.6. The van der Waals surface area contributed by atoms with Gasteiger partial charge >= 0.3 is 71.6 Å². The molecule has 0 unspecified atom stereocenters. The number of amides is 9. The molecule has 0 radical (unpaired) electrons. The third-order valence-corrected chi connectivity index (χ3v) is 38.0. The van der Waals surface area contributed by atoms with E-state index < -0.39 is 173 Å². The van der Waals surface area contributed by atoms with Gasteiger partial charge in [0.1, 0.15) is 87.5 Å². The van der Waals surface area contributed by atoms with E-state index in [1.807, 2.05) is 6.92 Å². The van der Waals surface area contributed by atoms with E-state index in [1.54, 1.807) is 96.1 Å². The van der Waals surface area contributed by atoms with E-state index >= 15 is 0 Å². The van der Waals surface area contributed by atoms with Crippen molar-refractivity contribution in [3.05, 3.63) is 152 Å². The Morgan fingerprint density at radius 2 is 0.497 bits per heavy atom. The van der Waals surface area contributed by atoms with Gasteiger partial charge in [0.2, 0.25) is 53.2 Å². The summed E-state index contributed by atoms with van der Waals surface area (Å²) in [5.41, 5.74) is -0.601. The molecule has 41 nitrogen and oxygen atoms in total. The first-order valence-electron chi connectivity index (χ1n) is 42.5. The maximum Gasteiger partial charge on any atom is 0.345 e. The fourth-order valence-corrected chi connectivity index (χ4v) is 32.8. The molecule has 0 aromatic heterocycles. The molecule has 756 valence electrons. The lowest BCUT2D eigenvalue weighted by atomic mass is 9.83. The molecule has 3 aromatic rings. The van der Waals surface area contributed by atoms with Gasteiger partial charge in [0.15, 0.2) is 0 Å². The van der Waals surface area contributed by atoms with Gasteiger partial charge in [-0.05, 0) is 90.4 Å². The summed E-state index contributed by atoms with van der Waals surface area (Å²) in [5, 5.41) is 0. The maximum atomic E-state index is 14.2. The summed E-state index contributed by atoms with van der Waals surface area (Å²) >= 11 is 7.44. The first kappa shape index (κ1) is 108. The molecule has 3 aromatic carbocycles. The first-order valence-corrected chi connectivity index (χ1v) is 49.8. The van der Waals surface area contributed by atoms with E-state index in [-0.39, 0.29) is 105 Å². The van der Waals surface area contributed by atoms with Crippen LogP contribution in [0.3, 0.4) is 0 Å². The number of hydrogen-bond donors (Lipinski definition) is 0. The van der Waals surface area contributed by atoms with Crippen molar-refractivity contribution in [1.82, 2.24) is 14.7 Å². The van der Waals surface area contributed by atoms with Crippen LogP contribution in [0.5, 0.6) is 11.5 Å². The van der Waals surface area contributed by atoms with Gasteiger partial charge in [-0.2, -0.15) is 0 Å². The molecule has 0 N–H and O–H groups in total. The third-order valence-electron chi connectivity index (χ3n) is 24.1. The fraction of sp³-hybridized carbons (Fsp3) is 0.387. The van der Waals surface area contributed by atoms with Crippen molar-refractivity contribution in [1.29, 1.82) is 0 Å². The second-order valence-electron chi connectivity index (χ2n) is 33.1. The zero-order valence-corrected chi connectivity index (χ0v) is 87.6. The second kappa shape index (κ2) is 41.7. The van der Waals surface area contributed by atoms with Gasteiger partial charge in [-0.15, -0.1) is 0 Å². The SMILES string of the molecule is COC(=O)C1=C(C(=O)OC)SC2(S1)C(C(=O)OC)=C(C(=O)OC)SC1=C2c2cc(OC)ccc2N(C(=O)CN2C(=O)CCC2=O)C1(C)C.COC(=O)C1=C(C(=O)OC)SC2(S1)C(C(=O)OC)=C(C(=O)OC)SC1=C2c2ccc(C)cc2N(C(=O)CN2C(=O)CCC2=O)C1(C)C.COC(=O)C1=C(C(=O)OC)SC2(S1)C(C(=O)OC)=C(C(=O)OC)SC1=C2c2ccc(OC)cc2N(C(=O)CN2C(=O)CCC2=O)C1(C)C. The minimum Gasteiger partial charge on any atom is -0.497 e. The van der Waals surface area contributed by atoms with Crippen molar-refractivity contribution < 1.29 is 167 Å². The highest BCUT2D eigenvalue weighted by molar-refractivity contribution is 8.28. The predicted octanol–water partition coefficient (Wildman–Crippen LogP) is 8.58. The summed E-state index contributed by atoms with van der Waals surface area (Å²) in [6.07, 6.45) is -0.0165. The Morgan fingerprint density at radius 1 is 0.273 bits per heavy atom. The summed E-state index contributed by atoms with van der Waals surface area (Å²) in [7, 11) is 16.4. The number of esters is 12. The number of carbonyl (C=O) groups is 21. The summed E-state index contributed by atoms with van der Waals surface area (Å²) < 4.78 is 66.7. The summed E-state index contributed by atoms with van der Waals surface area (Å²) in [6.45, 7) is 10.4. The molecular formula is C93H90N6O35S9. The van der Waals surface area contributed by atoms with Gasteiger partial charge < -0.3 is 76.1 Å². The smallest absolute Gasteiger partial charge is 0.345 e. The molecule has 12 aliphatic rings. The lowest BCUT2D eigenvalue weighted by Crippen LogP contribution is -2.56. The summed E-state index contributed by atoms with van der Waals surface area (Å²) in [4.78, 5) is 285. The Kier molecular flexibility index (Phi) is 31.4. The molecule has 0 aliphatic carbocycles. The van der Waals surface area contributed by atoms with Gasteiger partial charge in [0.05, 0.1) is 150 Å². The van der Waals surface area contributed by atoms with Crippen molar-refractivity contribution in [3.63, 3.8) is 0 Å². The number of imide groups is 3. The highest BCUT2D eigenvalue weighted by Crippen LogP contribution is 2.76. The van der Waals surface area contributed by atoms with Gasteiger partial charge in [0, 0.05) is 92.7 Å². The zero-order chi connectivity index (χ0) is 105. The molecule has 50 heteroatoms. The van der Waals surface area contributed by atoms with Crippen LogP contribution in [0.1, 0.15) is 102 Å². The Hall–Kier alpha value is -12.5. The molecule has 3 fully saturated rings. The van der Waals surface area contributed by atoms with Crippen molar-refractivity contribution in [2.45, 2.75) is 116 Å². The fourth-order valence-electron chi connectivity index (χ4n) is 17.6. The van der Waals surface area contributed by atoms with Crippen LogP contribution in [0.25, 0.3) is 16.7 Å². The van der Waals surface area contributed by atoms with Crippen LogP contribution >= 0.6 is 106 Å². The number of hydrogen-bond acceptors (Lipinski definition) is 44. The molecule has 0 atom stereocenters. The van der Waals surface area contributed by atoms with Crippen LogP contribution < -0.4 is 24.2 Å². The van der Waals surface area contributed by atoms with Crippen LogP contribution in [0.2, 0.25) is 0 Å². The van der Waals surface area contributed by atoms with E-state index in [0.29, 0.717) is 71.0 Å². The van der Waals surface area contributed by atoms with E-state index in [9.17, 15) is 101 Å². The summed E-state index contributed by atoms with van der Waals surface area (Å²) in [5.74, 6) is -14.8. The van der Waals surface area contributed by atoms with E-state index in [1.165, 1.54) is 28.9 Å². The predicted molar refractivity (Wildman–Crippen MR) is 523 cm³/mol. The Morgan fingerprint density at radius 3 is 0.755 bits per heavy atom. The number of anilines is 3. The Labute approximate surface area is 853 Å². The Balaban J connectivity index is 0.000000180. The number of fused-ring (bicyclic) bond motifs is 9. The number of benzene rings is 3. The van der Waals surface area contributed by atoms with Crippen LogP contribution in [-0.2, 0) is 158 Å². The molecule has 12 aliphatic heterocycles. The normalized spacial score (nSPS) is 19.4. The second-order valence-corrected chi connectivity index (χ2v) is 44.3. The van der Waals surface area contributed by atoms with Crippen LogP contribution in [0.4, 0.5) is 17.1 Å². The number of carbonyl (C=O) groups excluding carboxylic acids is 21. The molecule has 3 saturated heterocycles. The monoisotopic (exact) mass is 2140 g/mol. The molecule has 0 bridgehead atoms. The maximum absolute atomic E-state index is 14.2. The number of ether oxygens (including phenoxy) is 14. The van der Waals surface area contributed by atoms with E-state index in [4.69, 9.17) is 66.3 Å². The van der Waals surface area contributed by atoms with Crippen LogP contribution in [0, 0.1) is 6.92 Å². The standard InChI is InChI=1S/2C31H30N2O12S3.C31H30N2O11S3/c1-30(2)25-20(15-12-14(41-3)8-9-16(15)33(30)19(36)13-32-17(34)10-11-18(32)35)31(21(26(37)42-4)22(46-25)27(38)43-5)47-23(28(39)44-6)24(48-31)29(40)45-7;1-30(2)25-20(15-9-8-14(41-3)12-16(15)33(30)19(36)13-32-17(34)10-11-18(32)35)31(21(26(37)42-4)22(46-25)27(38)43-5)47-23(28(39)44-6)24(48-31)29(40)45-7;1-14-8-9-15-16(12-14)33(19(36)13-32-17(34)10-11-18(32)35)30(2,3)25-20(15)31(21(26(37)41-4)22(45-25)27(38)42-5)46-23(28(39)43-6)24(47-31)29(40)44-7/h2*8-9,12H,10-11,13H2,1-7H3;8-9,12H,10-11,13H2,1-7H3. The largest absolute Gasteiger partial charge is 0.497 e. The van der Waals surface area contributed by atoms with Crippen molar-refractivity contribution in [3.8, 4) is 11.5 Å². The third kappa shape index (κ3) is 18.3. The molecule has 12 heterocycles. The molecule has 3 spiro atoms. The van der Waals surface area contributed by atoms with Gasteiger partial charge in [-0.25, -0.2) is 57.5 Å². The molecule has 9 amide bonds. The molecule has 15 rings (SSSR count). The van der Waals surface area contributed by atoms with Crippen molar-refractivity contribution >= 4 is 264 Å². The minimum atomic E-state index is -1.78. The number of likely N-dealkylation sites (tertiary alicyclic amines) is 3. The molecular weight excluding hydrogens is 2050 g/mol. The number of thioether (sulfide) groups is 9. The summed E-state index contributed by atoms with van der Waals surface area (Å²) in [6, 6.07) is 15.0. The highest BCUT2D eigenvalue weighted by atomic mass is 32.2. The van der Waals surface area contributed by atoms with Gasteiger partial charge in [-0.1, -0.05) is 118 Å². The number of methoxy groups -OCH3 is 14. The highest BCUT2D eigenvalue weighted by Gasteiger charge is 2.67. The zero-order valence-electron chi connectivity index (χ0n) is 80.2. The van der Waals surface area contributed by atoms with Crippen LogP contribution in [0.15, 0.2) is 130 Å². The topological polar surface area (TPSA) is 507 Å². The van der Waals surface area contributed by atoms with Crippen molar-refractivity contribution in [2.24, 2.45) is 0 Å².